The molecule has 0 atom stereocenters. The first-order chi connectivity index (χ1) is 16.6. The molecule has 10 heteroatoms. The van der Waals surface area contributed by atoms with E-state index < -0.39 is 0 Å². The van der Waals surface area contributed by atoms with Crippen molar-refractivity contribution in [2.45, 2.75) is 20.4 Å². The molecule has 0 saturated carbocycles. The van der Waals surface area contributed by atoms with Crippen molar-refractivity contribution in [1.82, 2.24) is 19.8 Å². The Balaban J connectivity index is 1.62. The van der Waals surface area contributed by atoms with Crippen LogP contribution >= 0.6 is 0 Å². The van der Waals surface area contributed by atoms with Gasteiger partial charge < -0.3 is 29.0 Å². The van der Waals surface area contributed by atoms with Crippen molar-refractivity contribution in [3.05, 3.63) is 47.5 Å². The lowest BCUT2D eigenvalue weighted by atomic mass is 10.1. The number of hydrogen-bond donors (Lipinski definition) is 1. The number of rotatable bonds is 7. The van der Waals surface area contributed by atoms with Crippen LogP contribution in [0.25, 0.3) is 16.8 Å². The quantitative estimate of drug-likeness (QED) is 0.441. The van der Waals surface area contributed by atoms with Gasteiger partial charge in [-0.15, -0.1) is 0 Å². The lowest BCUT2D eigenvalue weighted by molar-refractivity contribution is 0.122. The van der Waals surface area contributed by atoms with Gasteiger partial charge in [0.15, 0.2) is 17.1 Å². The van der Waals surface area contributed by atoms with E-state index in [4.69, 9.17) is 28.8 Å². The summed E-state index contributed by atoms with van der Waals surface area (Å²) < 4.78 is 23.6. The van der Waals surface area contributed by atoms with Gasteiger partial charge in [0.05, 0.1) is 39.7 Å². The Labute approximate surface area is 197 Å². The molecule has 3 aromatic heterocycles. The van der Waals surface area contributed by atoms with Crippen molar-refractivity contribution in [3.8, 4) is 22.6 Å². The van der Waals surface area contributed by atoms with Crippen molar-refractivity contribution >= 4 is 17.3 Å². The minimum atomic E-state index is 0.504. The average molecular weight is 465 g/mol. The van der Waals surface area contributed by atoms with Crippen LogP contribution in [0.3, 0.4) is 0 Å². The summed E-state index contributed by atoms with van der Waals surface area (Å²) in [5.41, 5.74) is 4.33. The molecule has 0 unspecified atom stereocenters. The zero-order valence-electron chi connectivity index (χ0n) is 19.8. The van der Waals surface area contributed by atoms with E-state index in [1.807, 2.05) is 48.7 Å². The number of benzene rings is 1. The van der Waals surface area contributed by atoms with Crippen molar-refractivity contribution < 1.29 is 18.7 Å². The topological polar surface area (TPSA) is 99.2 Å². The summed E-state index contributed by atoms with van der Waals surface area (Å²) in [7, 11) is 3.26. The number of hydrogen-bond acceptors (Lipinski definition) is 9. The number of ether oxygens (including phenoxy) is 3. The minimum absolute atomic E-state index is 0.504. The fourth-order valence-electron chi connectivity index (χ4n) is 4.20. The molecule has 1 aliphatic rings. The largest absolute Gasteiger partial charge is 0.493 e. The van der Waals surface area contributed by atoms with Crippen molar-refractivity contribution in [2.24, 2.45) is 0 Å². The van der Waals surface area contributed by atoms with Gasteiger partial charge in [-0.05, 0) is 31.5 Å². The highest BCUT2D eigenvalue weighted by Crippen LogP contribution is 2.36. The predicted molar refractivity (Wildman–Crippen MR) is 128 cm³/mol. The van der Waals surface area contributed by atoms with Gasteiger partial charge in [0, 0.05) is 30.8 Å². The molecule has 1 fully saturated rings. The van der Waals surface area contributed by atoms with Gasteiger partial charge >= 0.3 is 0 Å². The van der Waals surface area contributed by atoms with E-state index in [-0.39, 0.29) is 0 Å². The highest BCUT2D eigenvalue weighted by atomic mass is 16.5. The molecular weight excluding hydrogens is 436 g/mol. The van der Waals surface area contributed by atoms with Crippen LogP contribution < -0.4 is 19.7 Å². The van der Waals surface area contributed by atoms with Crippen LogP contribution in [0.4, 0.5) is 11.6 Å². The molecule has 1 aromatic carbocycles. The van der Waals surface area contributed by atoms with Crippen LogP contribution in [0.1, 0.15) is 17.1 Å². The molecule has 34 heavy (non-hydrogen) atoms. The summed E-state index contributed by atoms with van der Waals surface area (Å²) in [5.74, 6) is 3.80. The number of anilines is 2. The Morgan fingerprint density at radius 3 is 2.53 bits per heavy atom. The maximum atomic E-state index is 5.54. The number of fused-ring (bicyclic) bond motifs is 1. The first kappa shape index (κ1) is 22.0. The normalized spacial score (nSPS) is 13.9. The lowest BCUT2D eigenvalue weighted by Crippen LogP contribution is -2.36. The maximum absolute atomic E-state index is 5.54. The predicted octanol–water partition coefficient (Wildman–Crippen LogP) is 3.47. The first-order valence-corrected chi connectivity index (χ1v) is 11.2. The zero-order chi connectivity index (χ0) is 23.7. The standard InChI is InChI=1S/C24H28N6O4/c1-15-11-18(28-34-15)14-25-21-13-22(29-7-9-33-10-8-29)26-24-23(16(2)27-30(21)24)17-5-6-19(31-3)20(12-17)32-4/h5-6,11-13,25H,7-10,14H2,1-4H3. The number of nitrogens with one attached hydrogen (secondary N) is 1. The second-order valence-corrected chi connectivity index (χ2v) is 8.15. The molecule has 1 N–H and O–H groups in total. The summed E-state index contributed by atoms with van der Waals surface area (Å²) >= 11 is 0. The van der Waals surface area contributed by atoms with E-state index >= 15 is 0 Å². The zero-order valence-corrected chi connectivity index (χ0v) is 19.8. The van der Waals surface area contributed by atoms with E-state index in [0.29, 0.717) is 31.3 Å². The van der Waals surface area contributed by atoms with Gasteiger partial charge in [0.25, 0.3) is 0 Å². The Morgan fingerprint density at radius 1 is 1.03 bits per heavy atom. The van der Waals surface area contributed by atoms with Gasteiger partial charge in [-0.1, -0.05) is 11.2 Å². The third-order valence-corrected chi connectivity index (χ3v) is 5.89. The molecule has 0 radical (unpaired) electrons. The van der Waals surface area contributed by atoms with Gasteiger partial charge in [-0.3, -0.25) is 0 Å². The monoisotopic (exact) mass is 464 g/mol. The van der Waals surface area contributed by atoms with Crippen LogP contribution in [0.2, 0.25) is 0 Å². The second kappa shape index (κ2) is 9.22. The SMILES string of the molecule is COc1ccc(-c2c(C)nn3c(NCc4cc(C)on4)cc(N4CCOCC4)nc23)cc1OC. The van der Waals surface area contributed by atoms with Gasteiger partial charge in [-0.2, -0.15) is 9.61 Å². The van der Waals surface area contributed by atoms with Gasteiger partial charge in [0.2, 0.25) is 0 Å². The Morgan fingerprint density at radius 2 is 1.82 bits per heavy atom. The van der Waals surface area contributed by atoms with Crippen LogP contribution in [0, 0.1) is 13.8 Å². The Hall–Kier alpha value is -3.79. The molecule has 5 rings (SSSR count). The minimum Gasteiger partial charge on any atom is -0.493 e. The summed E-state index contributed by atoms with van der Waals surface area (Å²) in [6.45, 7) is 7.28. The molecule has 0 bridgehead atoms. The maximum Gasteiger partial charge on any atom is 0.167 e. The molecule has 4 aromatic rings. The Kier molecular flexibility index (Phi) is 5.97. The van der Waals surface area contributed by atoms with Crippen LogP contribution in [0.5, 0.6) is 11.5 Å². The van der Waals surface area contributed by atoms with Crippen molar-refractivity contribution in [2.75, 3.05) is 50.7 Å². The third kappa shape index (κ3) is 4.12. The number of aryl methyl sites for hydroxylation is 2. The number of morpholine rings is 1. The molecule has 0 amide bonds. The molecule has 0 aliphatic carbocycles. The van der Waals surface area contributed by atoms with Crippen LogP contribution in [0.15, 0.2) is 34.9 Å². The molecule has 1 saturated heterocycles. The highest BCUT2D eigenvalue weighted by Gasteiger charge is 2.21. The number of methoxy groups -OCH3 is 2. The van der Waals surface area contributed by atoms with Crippen LogP contribution in [-0.4, -0.2) is 60.3 Å². The van der Waals surface area contributed by atoms with Crippen molar-refractivity contribution in [1.29, 1.82) is 0 Å². The molecule has 4 heterocycles. The molecule has 0 spiro atoms. The fourth-order valence-corrected chi connectivity index (χ4v) is 4.20. The number of nitrogens with zero attached hydrogens (tertiary/aromatic N) is 5. The average Bonchev–Trinajstić information content (AvgIpc) is 3.44. The highest BCUT2D eigenvalue weighted by molar-refractivity contribution is 5.83. The number of aromatic nitrogens is 4. The van der Waals surface area contributed by atoms with E-state index in [9.17, 15) is 0 Å². The fraction of sp³-hybridized carbons (Fsp3) is 0.375. The van der Waals surface area contributed by atoms with Crippen molar-refractivity contribution in [3.63, 3.8) is 0 Å². The third-order valence-electron chi connectivity index (χ3n) is 5.89. The van der Waals surface area contributed by atoms with Gasteiger partial charge in [-0.25, -0.2) is 4.98 Å². The van der Waals surface area contributed by atoms with E-state index in [0.717, 1.165) is 58.6 Å². The molecule has 10 nitrogen and oxygen atoms in total. The second-order valence-electron chi connectivity index (χ2n) is 8.15. The summed E-state index contributed by atoms with van der Waals surface area (Å²) in [6.07, 6.45) is 0. The van der Waals surface area contributed by atoms with E-state index in [1.54, 1.807) is 14.2 Å². The first-order valence-electron chi connectivity index (χ1n) is 11.2. The lowest BCUT2D eigenvalue weighted by Gasteiger charge is -2.28. The molecular formula is C24H28N6O4. The van der Waals surface area contributed by atoms with Gasteiger partial charge in [0.1, 0.15) is 23.1 Å². The summed E-state index contributed by atoms with van der Waals surface area (Å²) in [5, 5.41) is 12.4. The molecule has 178 valence electrons. The molecule has 1 aliphatic heterocycles. The smallest absolute Gasteiger partial charge is 0.167 e. The summed E-state index contributed by atoms with van der Waals surface area (Å²) in [6, 6.07) is 9.79. The van der Waals surface area contributed by atoms with E-state index in [2.05, 4.69) is 15.4 Å². The van der Waals surface area contributed by atoms with E-state index in [1.165, 1.54) is 0 Å². The summed E-state index contributed by atoms with van der Waals surface area (Å²) in [4.78, 5) is 7.27. The Bertz CT molecular complexity index is 1310. The van der Waals surface area contributed by atoms with Crippen LogP contribution in [-0.2, 0) is 11.3 Å².